The Bertz CT molecular complexity index is 255. The molecule has 74 valence electrons. The van der Waals surface area contributed by atoms with E-state index in [1.807, 2.05) is 13.1 Å². The maximum absolute atomic E-state index is 9.78. The van der Waals surface area contributed by atoms with E-state index in [1.54, 1.807) is 10.9 Å². The van der Waals surface area contributed by atoms with Crippen molar-refractivity contribution in [2.24, 2.45) is 13.0 Å². The van der Waals surface area contributed by atoms with Crippen LogP contribution >= 0.6 is 0 Å². The van der Waals surface area contributed by atoms with Gasteiger partial charge in [-0.25, -0.2) is 0 Å². The molecule has 0 aliphatic carbocycles. The molecule has 0 aromatic carbocycles. The Labute approximate surface area is 79.4 Å². The lowest BCUT2D eigenvalue weighted by atomic mass is 10.0. The van der Waals surface area contributed by atoms with Gasteiger partial charge in [0.15, 0.2) is 0 Å². The van der Waals surface area contributed by atoms with Crippen molar-refractivity contribution in [1.82, 2.24) is 9.78 Å². The minimum Gasteiger partial charge on any atom is -0.387 e. The number of aromatic nitrogens is 2. The first-order chi connectivity index (χ1) is 6.11. The van der Waals surface area contributed by atoms with Gasteiger partial charge in [-0.1, -0.05) is 13.8 Å². The maximum atomic E-state index is 9.78. The molecule has 0 fully saturated rings. The minimum atomic E-state index is -0.366. The topological polar surface area (TPSA) is 38.1 Å². The zero-order chi connectivity index (χ0) is 9.84. The molecule has 0 radical (unpaired) electrons. The van der Waals surface area contributed by atoms with E-state index in [1.165, 1.54) is 0 Å². The highest BCUT2D eigenvalue weighted by molar-refractivity contribution is 5.03. The molecule has 1 rings (SSSR count). The second-order valence-corrected chi connectivity index (χ2v) is 3.87. The molecular weight excluding hydrogens is 164 g/mol. The Balaban J connectivity index is 2.49. The maximum Gasteiger partial charge on any atom is 0.0956 e. The van der Waals surface area contributed by atoms with Gasteiger partial charge in [0, 0.05) is 13.2 Å². The molecule has 0 aliphatic rings. The number of hydrogen-bond donors (Lipinski definition) is 1. The first-order valence-corrected chi connectivity index (χ1v) is 4.77. The third-order valence-electron chi connectivity index (χ3n) is 2.22. The first kappa shape index (κ1) is 10.3. The van der Waals surface area contributed by atoms with Crippen molar-refractivity contribution < 1.29 is 5.11 Å². The normalized spacial score (nSPS) is 13.6. The molecule has 0 amide bonds. The van der Waals surface area contributed by atoms with Crippen molar-refractivity contribution >= 4 is 0 Å². The molecular formula is C10H18N2O. The van der Waals surface area contributed by atoms with Crippen LogP contribution in [0.25, 0.3) is 0 Å². The summed E-state index contributed by atoms with van der Waals surface area (Å²) in [5, 5.41) is 13.8. The van der Waals surface area contributed by atoms with Gasteiger partial charge in [0.1, 0.15) is 0 Å². The van der Waals surface area contributed by atoms with E-state index in [9.17, 15) is 5.11 Å². The Hall–Kier alpha value is -0.830. The highest BCUT2D eigenvalue weighted by Gasteiger charge is 2.11. The first-order valence-electron chi connectivity index (χ1n) is 4.77. The average Bonchev–Trinajstić information content (AvgIpc) is 2.47. The molecule has 0 saturated carbocycles. The fraction of sp³-hybridized carbons (Fsp3) is 0.700. The zero-order valence-corrected chi connectivity index (χ0v) is 8.57. The molecule has 3 nitrogen and oxygen atoms in total. The summed E-state index contributed by atoms with van der Waals surface area (Å²) in [6.07, 6.45) is 3.21. The lowest BCUT2D eigenvalue weighted by Crippen LogP contribution is -2.06. The van der Waals surface area contributed by atoms with Gasteiger partial charge in [-0.2, -0.15) is 5.10 Å². The quantitative estimate of drug-likeness (QED) is 0.772. The number of aliphatic hydroxyl groups excluding tert-OH is 1. The molecule has 1 aromatic rings. The van der Waals surface area contributed by atoms with Crippen molar-refractivity contribution in [2.75, 3.05) is 0 Å². The van der Waals surface area contributed by atoms with Crippen LogP contribution in [-0.2, 0) is 7.05 Å². The molecule has 1 aromatic heterocycles. The monoisotopic (exact) mass is 182 g/mol. The molecule has 3 heteroatoms. The molecule has 1 unspecified atom stereocenters. The Morgan fingerprint density at radius 2 is 2.15 bits per heavy atom. The molecule has 1 atom stereocenters. The number of rotatable bonds is 4. The third kappa shape index (κ3) is 2.84. The SMILES string of the molecule is CC(C)CCC(O)c1ccnn1C. The van der Waals surface area contributed by atoms with E-state index in [-0.39, 0.29) is 6.10 Å². The van der Waals surface area contributed by atoms with Crippen LogP contribution in [0.2, 0.25) is 0 Å². The van der Waals surface area contributed by atoms with E-state index in [4.69, 9.17) is 0 Å². The Morgan fingerprint density at radius 1 is 1.46 bits per heavy atom. The summed E-state index contributed by atoms with van der Waals surface area (Å²) in [4.78, 5) is 0. The van der Waals surface area contributed by atoms with Gasteiger partial charge < -0.3 is 5.11 Å². The van der Waals surface area contributed by atoms with Gasteiger partial charge >= 0.3 is 0 Å². The third-order valence-corrected chi connectivity index (χ3v) is 2.22. The number of nitrogens with zero attached hydrogens (tertiary/aromatic N) is 2. The van der Waals surface area contributed by atoms with Crippen molar-refractivity contribution in [3.8, 4) is 0 Å². The summed E-state index contributed by atoms with van der Waals surface area (Å²) < 4.78 is 1.73. The lowest BCUT2D eigenvalue weighted by molar-refractivity contribution is 0.150. The largest absolute Gasteiger partial charge is 0.387 e. The molecule has 0 spiro atoms. The summed E-state index contributed by atoms with van der Waals surface area (Å²) in [7, 11) is 1.86. The zero-order valence-electron chi connectivity index (χ0n) is 8.57. The molecule has 0 aliphatic heterocycles. The molecule has 0 saturated heterocycles. The van der Waals surface area contributed by atoms with Gasteiger partial charge in [-0.05, 0) is 24.8 Å². The Kier molecular flexibility index (Phi) is 3.48. The van der Waals surface area contributed by atoms with Crippen LogP contribution in [0, 0.1) is 5.92 Å². The van der Waals surface area contributed by atoms with Crippen molar-refractivity contribution in [1.29, 1.82) is 0 Å². The van der Waals surface area contributed by atoms with Crippen LogP contribution in [0.1, 0.15) is 38.5 Å². The smallest absolute Gasteiger partial charge is 0.0956 e. The van der Waals surface area contributed by atoms with Gasteiger partial charge in [0.2, 0.25) is 0 Å². The van der Waals surface area contributed by atoms with Crippen LogP contribution in [0.5, 0.6) is 0 Å². The standard InChI is InChI=1S/C10H18N2O/c1-8(2)4-5-10(13)9-6-7-11-12(9)3/h6-8,10,13H,4-5H2,1-3H3. The predicted octanol–water partition coefficient (Wildman–Crippen LogP) is 1.89. The molecule has 0 bridgehead atoms. The second kappa shape index (κ2) is 4.42. The van der Waals surface area contributed by atoms with Crippen molar-refractivity contribution in [2.45, 2.75) is 32.8 Å². The van der Waals surface area contributed by atoms with Crippen LogP contribution in [0.4, 0.5) is 0 Å². The van der Waals surface area contributed by atoms with Crippen LogP contribution in [0.15, 0.2) is 12.3 Å². The fourth-order valence-electron chi connectivity index (χ4n) is 1.35. The molecule has 1 N–H and O–H groups in total. The highest BCUT2D eigenvalue weighted by Crippen LogP contribution is 2.19. The number of aliphatic hydroxyl groups is 1. The average molecular weight is 182 g/mol. The summed E-state index contributed by atoms with van der Waals surface area (Å²) in [6.45, 7) is 4.33. The van der Waals surface area contributed by atoms with Gasteiger partial charge in [-0.3, -0.25) is 4.68 Å². The van der Waals surface area contributed by atoms with Crippen LogP contribution in [0.3, 0.4) is 0 Å². The molecule has 13 heavy (non-hydrogen) atoms. The van der Waals surface area contributed by atoms with Crippen LogP contribution in [-0.4, -0.2) is 14.9 Å². The van der Waals surface area contributed by atoms with Gasteiger partial charge in [0.25, 0.3) is 0 Å². The minimum absolute atomic E-state index is 0.366. The predicted molar refractivity (Wildman–Crippen MR) is 52.2 cm³/mol. The van der Waals surface area contributed by atoms with E-state index in [2.05, 4.69) is 18.9 Å². The van der Waals surface area contributed by atoms with E-state index in [0.29, 0.717) is 5.92 Å². The number of aryl methyl sites for hydroxylation is 1. The summed E-state index contributed by atoms with van der Waals surface area (Å²) >= 11 is 0. The van der Waals surface area contributed by atoms with Crippen molar-refractivity contribution in [3.05, 3.63) is 18.0 Å². The van der Waals surface area contributed by atoms with Crippen molar-refractivity contribution in [3.63, 3.8) is 0 Å². The molecule has 1 heterocycles. The van der Waals surface area contributed by atoms with Gasteiger partial charge in [-0.15, -0.1) is 0 Å². The highest BCUT2D eigenvalue weighted by atomic mass is 16.3. The van der Waals surface area contributed by atoms with Crippen LogP contribution < -0.4 is 0 Å². The van der Waals surface area contributed by atoms with Gasteiger partial charge in [0.05, 0.1) is 11.8 Å². The van der Waals surface area contributed by atoms with E-state index < -0.39 is 0 Å². The summed E-state index contributed by atoms with van der Waals surface area (Å²) in [5.74, 6) is 0.642. The Morgan fingerprint density at radius 3 is 2.62 bits per heavy atom. The number of hydrogen-bond acceptors (Lipinski definition) is 2. The fourth-order valence-corrected chi connectivity index (χ4v) is 1.35. The second-order valence-electron chi connectivity index (χ2n) is 3.87. The van der Waals surface area contributed by atoms with E-state index in [0.717, 1.165) is 18.5 Å². The summed E-state index contributed by atoms with van der Waals surface area (Å²) in [5.41, 5.74) is 0.903. The lowest BCUT2D eigenvalue weighted by Gasteiger charge is -2.11. The van der Waals surface area contributed by atoms with E-state index >= 15 is 0 Å². The summed E-state index contributed by atoms with van der Waals surface area (Å²) in [6, 6.07) is 1.87.